The van der Waals surface area contributed by atoms with E-state index in [0.717, 1.165) is 44.2 Å². The van der Waals surface area contributed by atoms with Crippen LogP contribution in [0.25, 0.3) is 0 Å². The fourth-order valence-electron chi connectivity index (χ4n) is 4.12. The van der Waals surface area contributed by atoms with Gasteiger partial charge in [0.25, 0.3) is 0 Å². The lowest BCUT2D eigenvalue weighted by molar-refractivity contribution is -0.151. The second-order valence-corrected chi connectivity index (χ2v) is 6.94. The first-order valence-corrected chi connectivity index (χ1v) is 9.04. The average molecular weight is 329 g/mol. The first-order valence-electron chi connectivity index (χ1n) is 9.04. The Kier molecular flexibility index (Phi) is 4.95. The Balaban J connectivity index is 1.94. The highest BCUT2D eigenvalue weighted by atomic mass is 16.6. The van der Waals surface area contributed by atoms with Crippen LogP contribution >= 0.6 is 0 Å². The average Bonchev–Trinajstić information content (AvgIpc) is 2.83. The molecular weight excluding hydrogens is 302 g/mol. The van der Waals surface area contributed by atoms with Gasteiger partial charge in [-0.3, -0.25) is 0 Å². The topological polar surface area (TPSA) is 58.6 Å². The third-order valence-corrected chi connectivity index (χ3v) is 5.39. The zero-order valence-corrected chi connectivity index (χ0v) is 14.5. The largest absolute Gasteiger partial charge is 0.507 e. The number of carbonyl (C=O) groups is 1. The molecule has 4 heteroatoms. The Morgan fingerprint density at radius 2 is 1.88 bits per heavy atom. The molecule has 1 aliphatic heterocycles. The first kappa shape index (κ1) is 17.0. The number of ether oxygens (including phenoxy) is 1. The van der Waals surface area contributed by atoms with Crippen LogP contribution in [0.2, 0.25) is 0 Å². The number of aliphatic hydroxyl groups excluding tert-OH is 1. The Hall–Kier alpha value is -1.81. The van der Waals surface area contributed by atoms with E-state index in [9.17, 15) is 9.90 Å². The maximum absolute atomic E-state index is 12.6. The molecule has 1 spiro atoms. The van der Waals surface area contributed by atoms with Crippen molar-refractivity contribution in [2.75, 3.05) is 6.54 Å². The van der Waals surface area contributed by atoms with E-state index in [1.165, 1.54) is 0 Å². The molecule has 2 N–H and O–H groups in total. The molecule has 130 valence electrons. The van der Waals surface area contributed by atoms with Gasteiger partial charge in [-0.05, 0) is 37.8 Å². The molecule has 1 aromatic carbocycles. The molecule has 1 aliphatic carbocycles. The Labute approximate surface area is 143 Å². The Bertz CT molecular complexity index is 617. The molecule has 0 radical (unpaired) electrons. The molecule has 0 amide bonds. The van der Waals surface area contributed by atoms with Gasteiger partial charge in [0, 0.05) is 12.0 Å². The normalized spacial score (nSPS) is 22.5. The third-order valence-electron chi connectivity index (χ3n) is 5.39. The molecular formula is C20H27NO3. The summed E-state index contributed by atoms with van der Waals surface area (Å²) >= 11 is 0. The van der Waals surface area contributed by atoms with Crippen molar-refractivity contribution < 1.29 is 14.6 Å². The molecule has 1 aromatic rings. The van der Waals surface area contributed by atoms with Gasteiger partial charge in [0.05, 0.1) is 5.57 Å². The smallest absolute Gasteiger partial charge is 0.338 e. The summed E-state index contributed by atoms with van der Waals surface area (Å²) in [7, 11) is 0. The molecule has 0 bridgehead atoms. The maximum Gasteiger partial charge on any atom is 0.338 e. The van der Waals surface area contributed by atoms with Crippen LogP contribution in [0.15, 0.2) is 41.7 Å². The van der Waals surface area contributed by atoms with Crippen molar-refractivity contribution in [3.63, 3.8) is 0 Å². The lowest BCUT2D eigenvalue weighted by Crippen LogP contribution is -2.34. The van der Waals surface area contributed by atoms with Crippen LogP contribution in [-0.2, 0) is 9.53 Å². The number of carbonyl (C=O) groups excluding carboxylic acids is 1. The summed E-state index contributed by atoms with van der Waals surface area (Å²) in [6.07, 6.45) is 4.60. The van der Waals surface area contributed by atoms with E-state index in [1.54, 1.807) is 0 Å². The monoisotopic (exact) mass is 329 g/mol. The van der Waals surface area contributed by atoms with Crippen LogP contribution in [-0.4, -0.2) is 23.2 Å². The second kappa shape index (κ2) is 6.98. The number of hydrogen-bond acceptors (Lipinski definition) is 4. The van der Waals surface area contributed by atoms with Crippen LogP contribution < -0.4 is 5.32 Å². The van der Waals surface area contributed by atoms with Gasteiger partial charge >= 0.3 is 5.97 Å². The zero-order chi connectivity index (χ0) is 17.2. The first-order chi connectivity index (χ1) is 11.6. The van der Waals surface area contributed by atoms with E-state index in [1.807, 2.05) is 32.0 Å². The molecule has 4 nitrogen and oxygen atoms in total. The highest BCUT2D eigenvalue weighted by Crippen LogP contribution is 2.46. The van der Waals surface area contributed by atoms with Crippen LogP contribution in [0, 0.1) is 5.92 Å². The summed E-state index contributed by atoms with van der Waals surface area (Å²) in [6, 6.07) is 10.1. The predicted octanol–water partition coefficient (Wildman–Crippen LogP) is 4.05. The van der Waals surface area contributed by atoms with E-state index >= 15 is 0 Å². The van der Waals surface area contributed by atoms with Crippen LogP contribution in [0.1, 0.15) is 57.6 Å². The molecule has 0 unspecified atom stereocenters. The third kappa shape index (κ3) is 2.95. The number of esters is 1. The SMILES string of the molecule is CCN[C@@H](c1ccccc1)[C@@H](C)C1=C(O)C2(CCCCC2)OC1=O. The lowest BCUT2D eigenvalue weighted by Gasteiger charge is -2.31. The van der Waals surface area contributed by atoms with E-state index in [-0.39, 0.29) is 23.7 Å². The fourth-order valence-corrected chi connectivity index (χ4v) is 4.12. The van der Waals surface area contributed by atoms with Crippen molar-refractivity contribution in [2.24, 2.45) is 5.92 Å². The molecule has 1 heterocycles. The van der Waals surface area contributed by atoms with Crippen molar-refractivity contribution in [1.29, 1.82) is 0 Å². The number of hydrogen-bond donors (Lipinski definition) is 2. The minimum atomic E-state index is -0.758. The Morgan fingerprint density at radius 3 is 2.50 bits per heavy atom. The molecule has 1 fully saturated rings. The van der Waals surface area contributed by atoms with E-state index < -0.39 is 5.60 Å². The van der Waals surface area contributed by atoms with E-state index in [4.69, 9.17) is 4.74 Å². The number of benzene rings is 1. The van der Waals surface area contributed by atoms with Crippen molar-refractivity contribution >= 4 is 5.97 Å². The van der Waals surface area contributed by atoms with Crippen LogP contribution in [0.5, 0.6) is 0 Å². The van der Waals surface area contributed by atoms with E-state index in [0.29, 0.717) is 5.57 Å². The Morgan fingerprint density at radius 1 is 1.21 bits per heavy atom. The van der Waals surface area contributed by atoms with Crippen LogP contribution in [0.3, 0.4) is 0 Å². The standard InChI is InChI=1S/C20H27NO3/c1-3-21-17(15-10-6-4-7-11-15)14(2)16-18(22)20(24-19(16)23)12-8-5-9-13-20/h4,6-7,10-11,14,17,21-22H,3,5,8-9,12-13H2,1-2H3/t14-,17+/m0/s1. The zero-order valence-electron chi connectivity index (χ0n) is 14.5. The minimum Gasteiger partial charge on any atom is -0.507 e. The van der Waals surface area contributed by atoms with Crippen molar-refractivity contribution in [2.45, 2.75) is 57.6 Å². The van der Waals surface area contributed by atoms with Crippen molar-refractivity contribution in [3.05, 3.63) is 47.2 Å². The van der Waals surface area contributed by atoms with Gasteiger partial charge in [0.1, 0.15) is 5.76 Å². The highest BCUT2D eigenvalue weighted by Gasteiger charge is 2.50. The second-order valence-electron chi connectivity index (χ2n) is 6.94. The summed E-state index contributed by atoms with van der Waals surface area (Å²) < 4.78 is 5.71. The number of nitrogens with one attached hydrogen (secondary N) is 1. The summed E-state index contributed by atoms with van der Waals surface area (Å²) in [6.45, 7) is 4.83. The summed E-state index contributed by atoms with van der Waals surface area (Å²) in [5.41, 5.74) is 0.808. The van der Waals surface area contributed by atoms with Gasteiger partial charge in [-0.25, -0.2) is 4.79 Å². The predicted molar refractivity (Wildman–Crippen MR) is 93.6 cm³/mol. The quantitative estimate of drug-likeness (QED) is 0.800. The van der Waals surface area contributed by atoms with Crippen molar-refractivity contribution in [1.82, 2.24) is 5.32 Å². The van der Waals surface area contributed by atoms with Gasteiger partial charge < -0.3 is 15.2 Å². The lowest BCUT2D eigenvalue weighted by atomic mass is 9.80. The highest BCUT2D eigenvalue weighted by molar-refractivity contribution is 5.93. The van der Waals surface area contributed by atoms with Crippen LogP contribution in [0.4, 0.5) is 0 Å². The van der Waals surface area contributed by atoms with Gasteiger partial charge in [-0.1, -0.05) is 50.6 Å². The molecule has 0 saturated heterocycles. The maximum atomic E-state index is 12.6. The van der Waals surface area contributed by atoms with Gasteiger partial charge in [0.15, 0.2) is 5.60 Å². The fraction of sp³-hybridized carbons (Fsp3) is 0.550. The molecule has 24 heavy (non-hydrogen) atoms. The minimum absolute atomic E-state index is 0.0281. The molecule has 0 aromatic heterocycles. The molecule has 2 aliphatic rings. The van der Waals surface area contributed by atoms with E-state index in [2.05, 4.69) is 17.4 Å². The molecule has 2 atom stereocenters. The molecule has 1 saturated carbocycles. The van der Waals surface area contributed by atoms with Gasteiger partial charge in [-0.2, -0.15) is 0 Å². The summed E-state index contributed by atoms with van der Waals surface area (Å²) in [4.78, 5) is 12.6. The number of rotatable bonds is 5. The summed E-state index contributed by atoms with van der Waals surface area (Å²) in [5, 5.41) is 14.3. The van der Waals surface area contributed by atoms with Gasteiger partial charge in [-0.15, -0.1) is 0 Å². The number of aliphatic hydroxyl groups is 1. The summed E-state index contributed by atoms with van der Waals surface area (Å²) in [5.74, 6) is -0.319. The molecule has 3 rings (SSSR count). The van der Waals surface area contributed by atoms with Gasteiger partial charge in [0.2, 0.25) is 0 Å². The van der Waals surface area contributed by atoms with Crippen molar-refractivity contribution in [3.8, 4) is 0 Å².